The second-order valence-corrected chi connectivity index (χ2v) is 10.9. The third-order valence-corrected chi connectivity index (χ3v) is 8.13. The monoisotopic (exact) mass is 578 g/mol. The van der Waals surface area contributed by atoms with E-state index in [2.05, 4.69) is 32.5 Å². The molecular formula is C33H34N6O4. The first-order chi connectivity index (χ1) is 20.8. The summed E-state index contributed by atoms with van der Waals surface area (Å²) in [5.41, 5.74) is 6.02. The maximum Gasteiger partial charge on any atom is 0.337 e. The van der Waals surface area contributed by atoms with Crippen LogP contribution in [0.15, 0.2) is 72.9 Å². The summed E-state index contributed by atoms with van der Waals surface area (Å²) >= 11 is 0. The Labute approximate surface area is 249 Å². The van der Waals surface area contributed by atoms with Gasteiger partial charge in [-0.25, -0.2) is 4.79 Å². The van der Waals surface area contributed by atoms with Gasteiger partial charge < -0.3 is 30.2 Å². The van der Waals surface area contributed by atoms with Crippen LogP contribution in [0.25, 0.3) is 22.2 Å². The van der Waals surface area contributed by atoms with Gasteiger partial charge in [-0.05, 0) is 67.2 Å². The minimum Gasteiger partial charge on any atom is -0.465 e. The Hall–Kier alpha value is -4.93. The minimum absolute atomic E-state index is 0.0402. The molecule has 0 atom stereocenters. The molecule has 1 fully saturated rings. The van der Waals surface area contributed by atoms with Crippen LogP contribution in [0, 0.1) is 0 Å². The Morgan fingerprint density at radius 3 is 2.44 bits per heavy atom. The Morgan fingerprint density at radius 2 is 1.70 bits per heavy atom. The van der Waals surface area contributed by atoms with Gasteiger partial charge in [-0.2, -0.15) is 0 Å². The third kappa shape index (κ3) is 5.75. The molecule has 220 valence electrons. The van der Waals surface area contributed by atoms with Crippen molar-refractivity contribution in [1.82, 2.24) is 14.8 Å². The van der Waals surface area contributed by atoms with Crippen LogP contribution in [0.4, 0.5) is 17.1 Å². The van der Waals surface area contributed by atoms with Crippen molar-refractivity contribution in [2.45, 2.75) is 0 Å². The first-order valence-electron chi connectivity index (χ1n) is 14.2. The molecule has 0 saturated carbocycles. The Kier molecular flexibility index (Phi) is 7.71. The number of amides is 2. The quantitative estimate of drug-likeness (QED) is 0.224. The second kappa shape index (κ2) is 11.7. The number of carbonyl (C=O) groups excluding carboxylic acids is 3. The standard InChI is InChI=1S/C33H34N6O4/c1-37-14-16-39(17-15-37)20-29(40)38(2)25-8-6-24(7-9-25)35-31(22-5-11-27-21(18-22)12-13-34-27)30-26-10-4-23(33(42)43-3)19-28(26)36-32(30)41/h4-13,18-19,34-35H,14-17,20H2,1-3H3,(H,36,41)/b31-30-. The Morgan fingerprint density at radius 1 is 0.953 bits per heavy atom. The number of H-pyrrole nitrogens is 1. The zero-order chi connectivity index (χ0) is 30.1. The van der Waals surface area contributed by atoms with E-state index in [0.29, 0.717) is 34.6 Å². The number of rotatable bonds is 7. The van der Waals surface area contributed by atoms with Crippen molar-refractivity contribution in [3.05, 3.63) is 89.6 Å². The van der Waals surface area contributed by atoms with Crippen molar-refractivity contribution in [3.63, 3.8) is 0 Å². The van der Waals surface area contributed by atoms with Crippen molar-refractivity contribution in [2.24, 2.45) is 0 Å². The molecule has 1 saturated heterocycles. The van der Waals surface area contributed by atoms with Gasteiger partial charge in [0.15, 0.2) is 0 Å². The summed E-state index contributed by atoms with van der Waals surface area (Å²) in [5.74, 6) is -0.712. The molecule has 6 rings (SSSR count). The average Bonchev–Trinajstić information content (AvgIpc) is 3.63. The highest BCUT2D eigenvalue weighted by Gasteiger charge is 2.30. The molecule has 10 nitrogen and oxygen atoms in total. The molecule has 2 aliphatic rings. The summed E-state index contributed by atoms with van der Waals surface area (Å²) < 4.78 is 4.85. The maximum absolute atomic E-state index is 13.4. The largest absolute Gasteiger partial charge is 0.465 e. The fourth-order valence-corrected chi connectivity index (χ4v) is 5.51. The number of esters is 1. The highest BCUT2D eigenvalue weighted by atomic mass is 16.5. The van der Waals surface area contributed by atoms with Gasteiger partial charge in [0.2, 0.25) is 5.91 Å². The van der Waals surface area contributed by atoms with Gasteiger partial charge >= 0.3 is 5.97 Å². The predicted octanol–water partition coefficient (Wildman–Crippen LogP) is 4.10. The minimum atomic E-state index is -0.474. The molecule has 10 heteroatoms. The van der Waals surface area contributed by atoms with Gasteiger partial charge in [-0.15, -0.1) is 0 Å². The summed E-state index contributed by atoms with van der Waals surface area (Å²) in [6.45, 7) is 4.06. The van der Waals surface area contributed by atoms with Gasteiger partial charge in [0.25, 0.3) is 5.91 Å². The number of benzene rings is 3. The molecular weight excluding hydrogens is 544 g/mol. The molecule has 3 N–H and O–H groups in total. The highest BCUT2D eigenvalue weighted by Crippen LogP contribution is 2.39. The molecule has 4 aromatic rings. The smallest absolute Gasteiger partial charge is 0.337 e. The number of aromatic nitrogens is 1. The fourth-order valence-electron chi connectivity index (χ4n) is 5.51. The number of likely N-dealkylation sites (N-methyl/N-ethyl adjacent to an activating group) is 2. The van der Waals surface area contributed by atoms with E-state index in [1.807, 2.05) is 54.7 Å². The van der Waals surface area contributed by atoms with Crippen LogP contribution in [0.5, 0.6) is 0 Å². The molecule has 0 spiro atoms. The van der Waals surface area contributed by atoms with Crippen LogP contribution in [0.2, 0.25) is 0 Å². The highest BCUT2D eigenvalue weighted by molar-refractivity contribution is 6.37. The van der Waals surface area contributed by atoms with Crippen molar-refractivity contribution in [1.29, 1.82) is 0 Å². The SMILES string of the molecule is COC(=O)c1ccc2c(c1)NC(=O)/C2=C(\Nc1ccc(N(C)C(=O)CN2CCN(C)CC2)cc1)c1ccc2[nH]ccc2c1. The number of fused-ring (bicyclic) bond motifs is 2. The summed E-state index contributed by atoms with van der Waals surface area (Å²) in [6.07, 6.45) is 1.88. The van der Waals surface area contributed by atoms with Gasteiger partial charge in [-0.3, -0.25) is 14.5 Å². The van der Waals surface area contributed by atoms with Crippen molar-refractivity contribution in [2.75, 3.05) is 69.5 Å². The average molecular weight is 579 g/mol. The maximum atomic E-state index is 13.4. The van der Waals surface area contributed by atoms with Gasteiger partial charge in [-0.1, -0.05) is 12.1 Å². The van der Waals surface area contributed by atoms with E-state index < -0.39 is 5.97 Å². The number of nitrogens with one attached hydrogen (secondary N) is 3. The number of hydrogen-bond donors (Lipinski definition) is 3. The molecule has 2 amide bonds. The molecule has 43 heavy (non-hydrogen) atoms. The number of hydrogen-bond acceptors (Lipinski definition) is 7. The van der Waals surface area contributed by atoms with Crippen LogP contribution < -0.4 is 15.5 Å². The number of carbonyl (C=O) groups is 3. The summed E-state index contributed by atoms with van der Waals surface area (Å²) in [5, 5.41) is 7.39. The van der Waals surface area contributed by atoms with Gasteiger partial charge in [0.1, 0.15) is 0 Å². The Bertz CT molecular complexity index is 1730. The first kappa shape index (κ1) is 28.2. The summed E-state index contributed by atoms with van der Waals surface area (Å²) in [6, 6.07) is 20.6. The molecule has 0 radical (unpaired) electrons. The van der Waals surface area contributed by atoms with Crippen LogP contribution in [0.1, 0.15) is 21.5 Å². The number of methoxy groups -OCH3 is 1. The molecule has 0 aliphatic carbocycles. The van der Waals surface area contributed by atoms with Crippen molar-refractivity contribution < 1.29 is 19.1 Å². The van der Waals surface area contributed by atoms with E-state index in [9.17, 15) is 14.4 Å². The number of piperazine rings is 1. The lowest BCUT2D eigenvalue weighted by Gasteiger charge is -2.32. The topological polar surface area (TPSA) is 110 Å². The molecule has 0 unspecified atom stereocenters. The van der Waals surface area contributed by atoms with Crippen LogP contribution in [-0.4, -0.2) is 86.5 Å². The van der Waals surface area contributed by atoms with E-state index in [4.69, 9.17) is 4.74 Å². The normalized spacial score (nSPS) is 16.5. The van der Waals surface area contributed by atoms with Gasteiger partial charge in [0.05, 0.1) is 36.2 Å². The summed E-state index contributed by atoms with van der Waals surface area (Å²) in [7, 11) is 5.22. The fraction of sp³-hybridized carbons (Fsp3) is 0.242. The first-order valence-corrected chi connectivity index (χ1v) is 14.2. The molecule has 0 bridgehead atoms. The molecule has 2 aliphatic heterocycles. The lowest BCUT2D eigenvalue weighted by Crippen LogP contribution is -2.48. The number of aromatic amines is 1. The zero-order valence-electron chi connectivity index (χ0n) is 24.4. The third-order valence-electron chi connectivity index (χ3n) is 8.13. The van der Waals surface area contributed by atoms with Crippen LogP contribution >= 0.6 is 0 Å². The lowest BCUT2D eigenvalue weighted by atomic mass is 9.98. The predicted molar refractivity (Wildman–Crippen MR) is 169 cm³/mol. The van der Waals surface area contributed by atoms with Crippen molar-refractivity contribution in [3.8, 4) is 0 Å². The molecule has 3 heterocycles. The van der Waals surface area contributed by atoms with Gasteiger partial charge in [0, 0.05) is 67.3 Å². The number of nitrogens with zero attached hydrogens (tertiary/aromatic N) is 3. The van der Waals surface area contributed by atoms with Crippen LogP contribution in [-0.2, 0) is 14.3 Å². The number of ether oxygens (including phenoxy) is 1. The number of anilines is 3. The zero-order valence-corrected chi connectivity index (χ0v) is 24.4. The van der Waals surface area contributed by atoms with E-state index in [1.54, 1.807) is 30.1 Å². The van der Waals surface area contributed by atoms with E-state index in [1.165, 1.54) is 7.11 Å². The van der Waals surface area contributed by atoms with Crippen LogP contribution in [0.3, 0.4) is 0 Å². The lowest BCUT2D eigenvalue weighted by molar-refractivity contribution is -0.119. The van der Waals surface area contributed by atoms with E-state index in [0.717, 1.165) is 54.0 Å². The van der Waals surface area contributed by atoms with Crippen molar-refractivity contribution >= 4 is 57.0 Å². The molecule has 3 aromatic carbocycles. The van der Waals surface area contributed by atoms with E-state index in [-0.39, 0.29) is 11.8 Å². The Balaban J connectivity index is 1.30. The van der Waals surface area contributed by atoms with E-state index >= 15 is 0 Å². The summed E-state index contributed by atoms with van der Waals surface area (Å²) in [4.78, 5) is 47.9. The second-order valence-electron chi connectivity index (χ2n) is 10.9. The molecule has 1 aromatic heterocycles.